The Morgan fingerprint density at radius 2 is 1.75 bits per heavy atom. The minimum atomic E-state index is -0.840. The number of halogens is 3. The summed E-state index contributed by atoms with van der Waals surface area (Å²) in [6.45, 7) is 0. The van der Waals surface area contributed by atoms with Crippen molar-refractivity contribution in [3.05, 3.63) is 68.1 Å². The van der Waals surface area contributed by atoms with Crippen molar-refractivity contribution < 1.29 is 14.3 Å². The van der Waals surface area contributed by atoms with Gasteiger partial charge in [0.05, 0.1) is 7.11 Å². The fraction of sp³-hybridized carbons (Fsp3) is 0.176. The van der Waals surface area contributed by atoms with Gasteiger partial charge < -0.3 is 10.1 Å². The Hall–Kier alpha value is -1.56. The molecule has 0 fully saturated rings. The van der Waals surface area contributed by atoms with Crippen LogP contribution in [0.1, 0.15) is 15.9 Å². The minimum absolute atomic E-state index is 0.243. The number of hydrogen-bond acceptors (Lipinski definition) is 3. The Morgan fingerprint density at radius 3 is 2.38 bits per heavy atom. The van der Waals surface area contributed by atoms with E-state index in [0.29, 0.717) is 15.6 Å². The summed E-state index contributed by atoms with van der Waals surface area (Å²) in [6, 6.07) is 10.8. The Kier molecular flexibility index (Phi) is 6.66. The third-order valence-electron chi connectivity index (χ3n) is 3.33. The van der Waals surface area contributed by atoms with Crippen molar-refractivity contribution >= 4 is 51.0 Å². The summed E-state index contributed by atoms with van der Waals surface area (Å²) in [7, 11) is 1.27. The Bertz CT molecular complexity index is 750. The molecule has 4 nitrogen and oxygen atoms in total. The number of ether oxygens (including phenoxy) is 1. The van der Waals surface area contributed by atoms with Crippen LogP contribution in [0, 0.1) is 0 Å². The summed E-state index contributed by atoms with van der Waals surface area (Å²) < 4.78 is 5.58. The second-order valence-electron chi connectivity index (χ2n) is 5.00. The first-order valence-corrected chi connectivity index (χ1v) is 8.54. The van der Waals surface area contributed by atoms with Crippen LogP contribution in [-0.4, -0.2) is 25.0 Å². The lowest BCUT2D eigenvalue weighted by atomic mass is 10.1. The average Bonchev–Trinajstić information content (AvgIpc) is 2.57. The first kappa shape index (κ1) is 18.8. The molecule has 7 heteroatoms. The molecule has 0 aromatic heterocycles. The van der Waals surface area contributed by atoms with Crippen LogP contribution in [0.5, 0.6) is 0 Å². The molecule has 2 rings (SSSR count). The zero-order valence-electron chi connectivity index (χ0n) is 12.7. The number of esters is 1. The molecule has 0 unspecified atom stereocenters. The molecule has 0 aliphatic rings. The van der Waals surface area contributed by atoms with Crippen molar-refractivity contribution in [1.29, 1.82) is 0 Å². The maximum absolute atomic E-state index is 12.3. The predicted octanol–water partition coefficient (Wildman–Crippen LogP) is 4.27. The van der Waals surface area contributed by atoms with Gasteiger partial charge in [0.1, 0.15) is 6.04 Å². The second kappa shape index (κ2) is 8.51. The number of benzene rings is 2. The van der Waals surface area contributed by atoms with E-state index in [1.807, 2.05) is 0 Å². The maximum Gasteiger partial charge on any atom is 0.328 e. The van der Waals surface area contributed by atoms with Crippen LogP contribution in [0.25, 0.3) is 0 Å². The molecule has 0 spiro atoms. The zero-order valence-corrected chi connectivity index (χ0v) is 15.8. The molecule has 1 atom stereocenters. The molecule has 0 radical (unpaired) electrons. The van der Waals surface area contributed by atoms with Gasteiger partial charge in [-0.15, -0.1) is 0 Å². The lowest BCUT2D eigenvalue weighted by molar-refractivity contribution is -0.142. The van der Waals surface area contributed by atoms with Gasteiger partial charge in [-0.05, 0) is 48.0 Å². The van der Waals surface area contributed by atoms with Gasteiger partial charge in [-0.3, -0.25) is 4.79 Å². The molecule has 126 valence electrons. The van der Waals surface area contributed by atoms with Crippen molar-refractivity contribution in [1.82, 2.24) is 5.32 Å². The molecule has 0 heterocycles. The van der Waals surface area contributed by atoms with E-state index in [1.54, 1.807) is 42.5 Å². The molecular weight excluding hydrogens is 417 g/mol. The van der Waals surface area contributed by atoms with Crippen molar-refractivity contribution in [2.24, 2.45) is 0 Å². The third-order valence-corrected chi connectivity index (χ3v) is 4.59. The van der Waals surface area contributed by atoms with Gasteiger partial charge in [0.2, 0.25) is 0 Å². The topological polar surface area (TPSA) is 55.4 Å². The van der Waals surface area contributed by atoms with Crippen LogP contribution in [-0.2, 0) is 16.0 Å². The highest BCUT2D eigenvalue weighted by atomic mass is 79.9. The number of hydrogen-bond donors (Lipinski definition) is 1. The van der Waals surface area contributed by atoms with Crippen molar-refractivity contribution in [2.45, 2.75) is 12.5 Å². The van der Waals surface area contributed by atoms with Crippen LogP contribution in [0.3, 0.4) is 0 Å². The maximum atomic E-state index is 12.3. The summed E-state index contributed by atoms with van der Waals surface area (Å²) in [6.07, 6.45) is 0.243. The van der Waals surface area contributed by atoms with Gasteiger partial charge in [0, 0.05) is 26.5 Å². The second-order valence-corrected chi connectivity index (χ2v) is 6.72. The Morgan fingerprint density at radius 1 is 1.12 bits per heavy atom. The summed E-state index contributed by atoms with van der Waals surface area (Å²) in [5, 5.41) is 3.75. The quantitative estimate of drug-likeness (QED) is 0.720. The molecule has 1 amide bonds. The number of carbonyl (C=O) groups excluding carboxylic acids is 2. The lowest BCUT2D eigenvalue weighted by Crippen LogP contribution is -2.43. The number of amides is 1. The SMILES string of the molecule is COC(=O)[C@H](Cc1cc(Cl)ccc1Br)NC(=O)c1ccc(Cl)cc1. The molecule has 0 aliphatic carbocycles. The summed E-state index contributed by atoms with van der Waals surface area (Å²) in [5.41, 5.74) is 1.19. The van der Waals surface area contributed by atoms with Crippen LogP contribution in [0.4, 0.5) is 0 Å². The molecule has 1 N–H and O–H groups in total. The van der Waals surface area contributed by atoms with E-state index in [-0.39, 0.29) is 12.3 Å². The monoisotopic (exact) mass is 429 g/mol. The summed E-state index contributed by atoms with van der Waals surface area (Å²) in [4.78, 5) is 24.4. The van der Waals surface area contributed by atoms with E-state index >= 15 is 0 Å². The Labute approximate surface area is 158 Å². The summed E-state index contributed by atoms with van der Waals surface area (Å²) >= 11 is 15.2. The molecule has 0 bridgehead atoms. The molecule has 24 heavy (non-hydrogen) atoms. The van der Waals surface area contributed by atoms with E-state index in [2.05, 4.69) is 21.2 Å². The van der Waals surface area contributed by atoms with Crippen LogP contribution < -0.4 is 5.32 Å². The molecule has 0 aliphatic heterocycles. The smallest absolute Gasteiger partial charge is 0.328 e. The first-order chi connectivity index (χ1) is 11.4. The highest BCUT2D eigenvalue weighted by Gasteiger charge is 2.23. The normalized spacial score (nSPS) is 11.7. The third kappa shape index (κ3) is 4.97. The average molecular weight is 431 g/mol. The zero-order chi connectivity index (χ0) is 17.7. The summed E-state index contributed by atoms with van der Waals surface area (Å²) in [5.74, 6) is -0.926. The van der Waals surface area contributed by atoms with Gasteiger partial charge in [0.25, 0.3) is 5.91 Å². The van der Waals surface area contributed by atoms with Crippen molar-refractivity contribution in [3.63, 3.8) is 0 Å². The lowest BCUT2D eigenvalue weighted by Gasteiger charge is -2.17. The van der Waals surface area contributed by atoms with Crippen LogP contribution >= 0.6 is 39.1 Å². The van der Waals surface area contributed by atoms with E-state index < -0.39 is 12.0 Å². The van der Waals surface area contributed by atoms with E-state index in [9.17, 15) is 9.59 Å². The van der Waals surface area contributed by atoms with Crippen molar-refractivity contribution in [3.8, 4) is 0 Å². The van der Waals surface area contributed by atoms with Gasteiger partial charge in [0.15, 0.2) is 0 Å². The fourth-order valence-corrected chi connectivity index (χ4v) is 2.83. The predicted molar refractivity (Wildman–Crippen MR) is 97.6 cm³/mol. The van der Waals surface area contributed by atoms with E-state index in [0.717, 1.165) is 10.0 Å². The highest BCUT2D eigenvalue weighted by Crippen LogP contribution is 2.23. The van der Waals surface area contributed by atoms with Crippen molar-refractivity contribution in [2.75, 3.05) is 7.11 Å². The number of methoxy groups -OCH3 is 1. The minimum Gasteiger partial charge on any atom is -0.467 e. The van der Waals surface area contributed by atoms with Gasteiger partial charge >= 0.3 is 5.97 Å². The Balaban J connectivity index is 2.19. The molecule has 2 aromatic carbocycles. The highest BCUT2D eigenvalue weighted by molar-refractivity contribution is 9.10. The van der Waals surface area contributed by atoms with Crippen LogP contribution in [0.15, 0.2) is 46.9 Å². The molecule has 0 saturated heterocycles. The number of nitrogens with one attached hydrogen (secondary N) is 1. The fourth-order valence-electron chi connectivity index (χ4n) is 2.10. The van der Waals surface area contributed by atoms with Gasteiger partial charge in [-0.1, -0.05) is 39.1 Å². The number of rotatable bonds is 5. The van der Waals surface area contributed by atoms with Gasteiger partial charge in [-0.2, -0.15) is 0 Å². The van der Waals surface area contributed by atoms with E-state index in [1.165, 1.54) is 7.11 Å². The largest absolute Gasteiger partial charge is 0.467 e. The molecular formula is C17H14BrCl2NO3. The number of carbonyl (C=O) groups is 2. The van der Waals surface area contributed by atoms with Gasteiger partial charge in [-0.25, -0.2) is 4.79 Å². The van der Waals surface area contributed by atoms with Crippen LogP contribution in [0.2, 0.25) is 10.0 Å². The first-order valence-electron chi connectivity index (χ1n) is 6.99. The molecule has 0 saturated carbocycles. The van der Waals surface area contributed by atoms with E-state index in [4.69, 9.17) is 27.9 Å². The standard InChI is InChI=1S/C17H14BrCl2NO3/c1-24-17(23)15(9-11-8-13(20)6-7-14(11)18)21-16(22)10-2-4-12(19)5-3-10/h2-8,15H,9H2,1H3,(H,21,22)/t15-/m0/s1. The molecule has 2 aromatic rings.